The van der Waals surface area contributed by atoms with Crippen LogP contribution in [0.15, 0.2) is 72.3 Å². The quantitative estimate of drug-likeness (QED) is 0.421. The van der Waals surface area contributed by atoms with Crippen LogP contribution in [0, 0.1) is 0 Å². The van der Waals surface area contributed by atoms with E-state index in [0.29, 0.717) is 23.0 Å². The van der Waals surface area contributed by atoms with Crippen LogP contribution < -0.4 is 4.74 Å². The van der Waals surface area contributed by atoms with E-state index in [9.17, 15) is 4.79 Å². The fraction of sp³-hybridized carbons (Fsp3) is 0.0870. The van der Waals surface area contributed by atoms with E-state index < -0.39 is 0 Å². The Bertz CT molecular complexity index is 1080. The predicted molar refractivity (Wildman–Crippen MR) is 109 cm³/mol. The van der Waals surface area contributed by atoms with E-state index in [-0.39, 0.29) is 5.97 Å². The SMILES string of the molecule is CCOc1ccc(/C=C2\C=C(c3ccc(Cl)cc3)OC2=O)c2ccccc12. The van der Waals surface area contributed by atoms with Crippen LogP contribution >= 0.6 is 11.6 Å². The van der Waals surface area contributed by atoms with Crippen LogP contribution in [0.3, 0.4) is 0 Å². The molecule has 0 amide bonds. The van der Waals surface area contributed by atoms with Crippen molar-refractivity contribution in [3.05, 3.63) is 88.5 Å². The lowest BCUT2D eigenvalue weighted by atomic mass is 10.0. The Morgan fingerprint density at radius 1 is 1.00 bits per heavy atom. The highest BCUT2D eigenvalue weighted by Gasteiger charge is 2.22. The van der Waals surface area contributed by atoms with Gasteiger partial charge in [0, 0.05) is 16.0 Å². The third kappa shape index (κ3) is 3.46. The molecule has 0 fully saturated rings. The summed E-state index contributed by atoms with van der Waals surface area (Å²) in [5.74, 6) is 0.998. The highest BCUT2D eigenvalue weighted by atomic mass is 35.5. The van der Waals surface area contributed by atoms with Crippen molar-refractivity contribution in [3.8, 4) is 5.75 Å². The van der Waals surface area contributed by atoms with Gasteiger partial charge in [-0.3, -0.25) is 0 Å². The number of benzene rings is 3. The molecular weight excluding hydrogens is 360 g/mol. The van der Waals surface area contributed by atoms with E-state index in [1.54, 1.807) is 18.2 Å². The van der Waals surface area contributed by atoms with Gasteiger partial charge in [-0.1, -0.05) is 41.9 Å². The van der Waals surface area contributed by atoms with Gasteiger partial charge in [0.15, 0.2) is 0 Å². The van der Waals surface area contributed by atoms with E-state index in [1.807, 2.05) is 61.5 Å². The number of ether oxygens (including phenoxy) is 2. The van der Waals surface area contributed by atoms with E-state index in [0.717, 1.165) is 27.6 Å². The zero-order chi connectivity index (χ0) is 18.8. The van der Waals surface area contributed by atoms with Gasteiger partial charge in [0.2, 0.25) is 0 Å². The number of carbonyl (C=O) groups excluding carboxylic acids is 1. The Balaban J connectivity index is 1.76. The molecule has 3 aromatic carbocycles. The van der Waals surface area contributed by atoms with Gasteiger partial charge in [-0.25, -0.2) is 4.79 Å². The zero-order valence-electron chi connectivity index (χ0n) is 14.7. The van der Waals surface area contributed by atoms with Crippen LogP contribution in [-0.4, -0.2) is 12.6 Å². The molecule has 0 saturated heterocycles. The topological polar surface area (TPSA) is 35.5 Å². The van der Waals surface area contributed by atoms with Crippen LogP contribution in [0.1, 0.15) is 18.1 Å². The molecule has 0 N–H and O–H groups in total. The third-order valence-electron chi connectivity index (χ3n) is 4.38. The molecule has 0 radical (unpaired) electrons. The molecule has 3 aromatic rings. The summed E-state index contributed by atoms with van der Waals surface area (Å²) in [6.45, 7) is 2.56. The molecular formula is C23H17ClO3. The average Bonchev–Trinajstić information content (AvgIpc) is 3.05. The molecule has 0 bridgehead atoms. The summed E-state index contributed by atoms with van der Waals surface area (Å²) < 4.78 is 11.1. The Labute approximate surface area is 162 Å². The van der Waals surface area contributed by atoms with E-state index in [2.05, 4.69) is 0 Å². The van der Waals surface area contributed by atoms with E-state index in [4.69, 9.17) is 21.1 Å². The first-order chi connectivity index (χ1) is 13.2. The fourth-order valence-corrected chi connectivity index (χ4v) is 3.24. The molecule has 0 atom stereocenters. The molecule has 0 aromatic heterocycles. The van der Waals surface area contributed by atoms with Gasteiger partial charge in [0.05, 0.1) is 12.2 Å². The number of carbonyl (C=O) groups is 1. The summed E-state index contributed by atoms with van der Waals surface area (Å²) in [6, 6.07) is 19.1. The highest BCUT2D eigenvalue weighted by molar-refractivity contribution is 6.30. The fourth-order valence-electron chi connectivity index (χ4n) is 3.11. The van der Waals surface area contributed by atoms with Crippen molar-refractivity contribution in [2.24, 2.45) is 0 Å². The van der Waals surface area contributed by atoms with Gasteiger partial charge in [-0.05, 0) is 60.4 Å². The Kier molecular flexibility index (Phi) is 4.69. The molecule has 134 valence electrons. The minimum Gasteiger partial charge on any atom is -0.493 e. The van der Waals surface area contributed by atoms with Crippen molar-refractivity contribution in [1.29, 1.82) is 0 Å². The molecule has 27 heavy (non-hydrogen) atoms. The number of halogens is 1. The summed E-state index contributed by atoms with van der Waals surface area (Å²) in [5, 5.41) is 2.68. The maximum Gasteiger partial charge on any atom is 0.343 e. The summed E-state index contributed by atoms with van der Waals surface area (Å²) in [6.07, 6.45) is 3.61. The van der Waals surface area contributed by atoms with Crippen LogP contribution in [0.2, 0.25) is 5.02 Å². The van der Waals surface area contributed by atoms with Gasteiger partial charge < -0.3 is 9.47 Å². The molecule has 1 heterocycles. The molecule has 0 unspecified atom stereocenters. The first kappa shape index (κ1) is 17.4. The number of hydrogen-bond acceptors (Lipinski definition) is 3. The number of rotatable bonds is 4. The summed E-state index contributed by atoms with van der Waals surface area (Å²) >= 11 is 5.92. The molecule has 1 aliphatic rings. The smallest absolute Gasteiger partial charge is 0.343 e. The molecule has 0 saturated carbocycles. The van der Waals surface area contributed by atoms with Crippen LogP contribution in [0.5, 0.6) is 5.75 Å². The summed E-state index contributed by atoms with van der Waals surface area (Å²) in [5.41, 5.74) is 2.26. The number of esters is 1. The van der Waals surface area contributed by atoms with Crippen LogP contribution in [0.4, 0.5) is 0 Å². The van der Waals surface area contributed by atoms with Gasteiger partial charge in [-0.15, -0.1) is 0 Å². The third-order valence-corrected chi connectivity index (χ3v) is 4.63. The molecule has 1 aliphatic heterocycles. The van der Waals surface area contributed by atoms with Crippen molar-refractivity contribution in [1.82, 2.24) is 0 Å². The number of fused-ring (bicyclic) bond motifs is 1. The summed E-state index contributed by atoms with van der Waals surface area (Å²) in [7, 11) is 0. The van der Waals surface area contributed by atoms with E-state index >= 15 is 0 Å². The van der Waals surface area contributed by atoms with Gasteiger partial charge in [0.1, 0.15) is 11.5 Å². The second kappa shape index (κ2) is 7.29. The minimum atomic E-state index is -0.363. The monoisotopic (exact) mass is 376 g/mol. The first-order valence-corrected chi connectivity index (χ1v) is 9.09. The molecule has 4 rings (SSSR count). The lowest BCUT2D eigenvalue weighted by Crippen LogP contribution is -1.97. The lowest BCUT2D eigenvalue weighted by Gasteiger charge is -2.09. The largest absolute Gasteiger partial charge is 0.493 e. The summed E-state index contributed by atoms with van der Waals surface area (Å²) in [4.78, 5) is 12.3. The minimum absolute atomic E-state index is 0.363. The van der Waals surface area contributed by atoms with Crippen molar-refractivity contribution >= 4 is 40.2 Å². The van der Waals surface area contributed by atoms with Gasteiger partial charge in [0.25, 0.3) is 0 Å². The van der Waals surface area contributed by atoms with Crippen molar-refractivity contribution in [2.75, 3.05) is 6.61 Å². The average molecular weight is 377 g/mol. The van der Waals surface area contributed by atoms with Crippen molar-refractivity contribution in [3.63, 3.8) is 0 Å². The Hall–Kier alpha value is -3.04. The number of cyclic esters (lactones) is 1. The highest BCUT2D eigenvalue weighted by Crippen LogP contribution is 2.32. The predicted octanol–water partition coefficient (Wildman–Crippen LogP) is 5.87. The number of hydrogen-bond donors (Lipinski definition) is 0. The Morgan fingerprint density at radius 3 is 2.48 bits per heavy atom. The zero-order valence-corrected chi connectivity index (χ0v) is 15.5. The van der Waals surface area contributed by atoms with Crippen LogP contribution in [0.25, 0.3) is 22.6 Å². The standard InChI is InChI=1S/C23H17ClO3/c1-2-26-21-12-9-16(19-5-3-4-6-20(19)21)13-17-14-22(27-23(17)25)15-7-10-18(24)11-8-15/h3-14H,2H2,1H3/b17-13+. The maximum absolute atomic E-state index is 12.3. The van der Waals surface area contributed by atoms with Crippen molar-refractivity contribution < 1.29 is 14.3 Å². The normalized spacial score (nSPS) is 15.1. The maximum atomic E-state index is 12.3. The first-order valence-electron chi connectivity index (χ1n) is 8.72. The second-order valence-electron chi connectivity index (χ2n) is 6.14. The Morgan fingerprint density at radius 2 is 1.74 bits per heavy atom. The van der Waals surface area contributed by atoms with E-state index in [1.165, 1.54) is 0 Å². The van der Waals surface area contributed by atoms with Gasteiger partial charge in [-0.2, -0.15) is 0 Å². The lowest BCUT2D eigenvalue weighted by molar-refractivity contribution is -0.130. The van der Waals surface area contributed by atoms with Crippen molar-refractivity contribution in [2.45, 2.75) is 6.92 Å². The molecule has 0 spiro atoms. The molecule has 3 nitrogen and oxygen atoms in total. The van der Waals surface area contributed by atoms with Gasteiger partial charge >= 0.3 is 5.97 Å². The second-order valence-corrected chi connectivity index (χ2v) is 6.57. The molecule has 4 heteroatoms. The molecule has 0 aliphatic carbocycles. The van der Waals surface area contributed by atoms with Crippen LogP contribution in [-0.2, 0) is 9.53 Å².